The number of aromatic amines is 1. The summed E-state index contributed by atoms with van der Waals surface area (Å²) in [5, 5.41) is 1.64. The Bertz CT molecular complexity index is 645. The van der Waals surface area contributed by atoms with Crippen LogP contribution in [0.4, 0.5) is 0 Å². The van der Waals surface area contributed by atoms with E-state index < -0.39 is 0 Å². The molecule has 0 bridgehead atoms. The lowest BCUT2D eigenvalue weighted by Crippen LogP contribution is -2.11. The number of nitrogens with one attached hydrogen (secondary N) is 1. The van der Waals surface area contributed by atoms with E-state index in [9.17, 15) is 4.79 Å². The highest BCUT2D eigenvalue weighted by atomic mass is 32.2. The third kappa shape index (κ3) is 2.58. The maximum atomic E-state index is 12.3. The summed E-state index contributed by atoms with van der Waals surface area (Å²) in [6.07, 6.45) is 6.94. The first-order chi connectivity index (χ1) is 9.29. The molecule has 0 aliphatic heterocycles. The number of aromatic nitrogens is 2. The van der Waals surface area contributed by atoms with E-state index >= 15 is 0 Å². The van der Waals surface area contributed by atoms with Crippen LogP contribution in [-0.2, 0) is 12.8 Å². The van der Waals surface area contributed by atoms with Crippen molar-refractivity contribution >= 4 is 33.3 Å². The zero-order valence-corrected chi connectivity index (χ0v) is 12.8. The molecule has 0 radical (unpaired) electrons. The van der Waals surface area contributed by atoms with Gasteiger partial charge in [0.05, 0.1) is 5.39 Å². The normalized spacial score (nSPS) is 14.8. The van der Waals surface area contributed by atoms with Crippen molar-refractivity contribution in [1.29, 1.82) is 0 Å². The molecule has 0 spiro atoms. The van der Waals surface area contributed by atoms with Gasteiger partial charge in [-0.1, -0.05) is 25.1 Å². The third-order valence-corrected chi connectivity index (χ3v) is 5.69. The quantitative estimate of drug-likeness (QED) is 0.530. The average Bonchev–Trinajstić information content (AvgIpc) is 2.77. The van der Waals surface area contributed by atoms with E-state index in [1.165, 1.54) is 29.7 Å². The smallest absolute Gasteiger partial charge is 0.260 e. The molecule has 19 heavy (non-hydrogen) atoms. The molecule has 0 aromatic carbocycles. The molecular formula is C14H18N2OS2. The van der Waals surface area contributed by atoms with Crippen LogP contribution in [0.3, 0.4) is 0 Å². The molecular weight excluding hydrogens is 276 g/mol. The zero-order chi connectivity index (χ0) is 13.2. The molecule has 3 rings (SSSR count). The van der Waals surface area contributed by atoms with Crippen LogP contribution in [0, 0.1) is 0 Å². The fourth-order valence-corrected chi connectivity index (χ4v) is 4.79. The number of H-pyrrole nitrogens is 1. The summed E-state index contributed by atoms with van der Waals surface area (Å²) in [7, 11) is 0. The van der Waals surface area contributed by atoms with Gasteiger partial charge >= 0.3 is 0 Å². The Hall–Kier alpha value is -0.810. The second-order valence-electron chi connectivity index (χ2n) is 4.96. The molecule has 0 amide bonds. The molecule has 2 heterocycles. The molecule has 0 saturated heterocycles. The summed E-state index contributed by atoms with van der Waals surface area (Å²) in [5.41, 5.74) is 1.33. The van der Waals surface area contributed by atoms with E-state index in [1.807, 2.05) is 0 Å². The first kappa shape index (κ1) is 13.2. The van der Waals surface area contributed by atoms with Crippen molar-refractivity contribution in [1.82, 2.24) is 9.97 Å². The minimum atomic E-state index is 0.0587. The molecule has 1 aliphatic rings. The fraction of sp³-hybridized carbons (Fsp3) is 0.571. The van der Waals surface area contributed by atoms with Gasteiger partial charge in [0.1, 0.15) is 4.83 Å². The Balaban J connectivity index is 1.99. The maximum Gasteiger partial charge on any atom is 0.260 e. The van der Waals surface area contributed by atoms with Gasteiger partial charge in [0.2, 0.25) is 0 Å². The van der Waals surface area contributed by atoms with Gasteiger partial charge in [-0.2, -0.15) is 0 Å². The van der Waals surface area contributed by atoms with Gasteiger partial charge < -0.3 is 4.98 Å². The Morgan fingerprint density at radius 2 is 2.21 bits per heavy atom. The number of aryl methyl sites for hydroxylation is 2. The van der Waals surface area contributed by atoms with Crippen molar-refractivity contribution in [3.05, 3.63) is 20.8 Å². The van der Waals surface area contributed by atoms with E-state index in [4.69, 9.17) is 0 Å². The molecule has 0 saturated carbocycles. The molecule has 102 valence electrons. The Morgan fingerprint density at radius 1 is 1.37 bits per heavy atom. The second kappa shape index (κ2) is 5.67. The van der Waals surface area contributed by atoms with Crippen molar-refractivity contribution < 1.29 is 0 Å². The zero-order valence-electron chi connectivity index (χ0n) is 11.1. The standard InChI is InChI=1S/C14H18N2OS2/c1-2-3-8-18-14-15-12(17)11-9-6-4-5-7-10(9)19-13(11)16-14/h2-8H2,1H3,(H,15,16,17). The highest BCUT2D eigenvalue weighted by molar-refractivity contribution is 7.99. The second-order valence-corrected chi connectivity index (χ2v) is 7.13. The van der Waals surface area contributed by atoms with Gasteiger partial charge in [0.25, 0.3) is 5.56 Å². The number of unbranched alkanes of at least 4 members (excludes halogenated alkanes) is 1. The van der Waals surface area contributed by atoms with Crippen molar-refractivity contribution in [2.75, 3.05) is 5.75 Å². The summed E-state index contributed by atoms with van der Waals surface area (Å²) in [4.78, 5) is 22.2. The van der Waals surface area contributed by atoms with Gasteiger partial charge in [0, 0.05) is 10.6 Å². The summed E-state index contributed by atoms with van der Waals surface area (Å²) in [5.74, 6) is 1.02. The molecule has 2 aromatic heterocycles. The van der Waals surface area contributed by atoms with Crippen molar-refractivity contribution in [2.24, 2.45) is 0 Å². The molecule has 2 aromatic rings. The monoisotopic (exact) mass is 294 g/mol. The lowest BCUT2D eigenvalue weighted by molar-refractivity contribution is 0.700. The van der Waals surface area contributed by atoms with Crippen LogP contribution in [0.25, 0.3) is 10.2 Å². The summed E-state index contributed by atoms with van der Waals surface area (Å²) in [6.45, 7) is 2.17. The van der Waals surface area contributed by atoms with E-state index in [-0.39, 0.29) is 5.56 Å². The summed E-state index contributed by atoms with van der Waals surface area (Å²) >= 11 is 3.38. The highest BCUT2D eigenvalue weighted by Crippen LogP contribution is 2.34. The molecule has 1 N–H and O–H groups in total. The molecule has 3 nitrogen and oxygen atoms in total. The topological polar surface area (TPSA) is 45.8 Å². The first-order valence-electron chi connectivity index (χ1n) is 6.97. The van der Waals surface area contributed by atoms with E-state index in [2.05, 4.69) is 16.9 Å². The summed E-state index contributed by atoms with van der Waals surface area (Å²) in [6, 6.07) is 0. The minimum absolute atomic E-state index is 0.0587. The largest absolute Gasteiger partial charge is 0.301 e. The van der Waals surface area contributed by atoms with Gasteiger partial charge in [-0.25, -0.2) is 4.98 Å². The van der Waals surface area contributed by atoms with Crippen molar-refractivity contribution in [3.8, 4) is 0 Å². The predicted octanol–water partition coefficient (Wildman–Crippen LogP) is 3.76. The fourth-order valence-electron chi connectivity index (χ4n) is 2.53. The van der Waals surface area contributed by atoms with E-state index in [0.29, 0.717) is 0 Å². The molecule has 5 heteroatoms. The number of thiophene rings is 1. The van der Waals surface area contributed by atoms with Crippen LogP contribution in [0.5, 0.6) is 0 Å². The highest BCUT2D eigenvalue weighted by Gasteiger charge is 2.19. The predicted molar refractivity (Wildman–Crippen MR) is 82.5 cm³/mol. The molecule has 0 fully saturated rings. The van der Waals surface area contributed by atoms with Gasteiger partial charge in [-0.15, -0.1) is 11.3 Å². The van der Waals surface area contributed by atoms with Gasteiger partial charge in [-0.3, -0.25) is 4.79 Å². The lowest BCUT2D eigenvalue weighted by Gasteiger charge is -2.09. The summed E-state index contributed by atoms with van der Waals surface area (Å²) < 4.78 is 0. The molecule has 1 aliphatic carbocycles. The Morgan fingerprint density at radius 3 is 3.05 bits per heavy atom. The van der Waals surface area contributed by atoms with Crippen LogP contribution < -0.4 is 5.56 Å². The molecule has 0 atom stereocenters. The van der Waals surface area contributed by atoms with Gasteiger partial charge in [-0.05, 0) is 37.7 Å². The lowest BCUT2D eigenvalue weighted by atomic mass is 9.97. The number of fused-ring (bicyclic) bond motifs is 3. The average molecular weight is 294 g/mol. The van der Waals surface area contributed by atoms with Crippen LogP contribution in [0.1, 0.15) is 43.0 Å². The van der Waals surface area contributed by atoms with Crippen LogP contribution >= 0.6 is 23.1 Å². The Labute approximate surface area is 120 Å². The number of hydrogen-bond donors (Lipinski definition) is 1. The number of nitrogens with zero attached hydrogens (tertiary/aromatic N) is 1. The number of thioether (sulfide) groups is 1. The van der Waals surface area contributed by atoms with Crippen molar-refractivity contribution in [2.45, 2.75) is 50.6 Å². The number of rotatable bonds is 4. The minimum Gasteiger partial charge on any atom is -0.301 e. The van der Waals surface area contributed by atoms with E-state index in [0.717, 1.165) is 40.4 Å². The maximum absolute atomic E-state index is 12.3. The molecule has 0 unspecified atom stereocenters. The van der Waals surface area contributed by atoms with Gasteiger partial charge in [0.15, 0.2) is 5.16 Å². The first-order valence-corrected chi connectivity index (χ1v) is 8.77. The van der Waals surface area contributed by atoms with Crippen LogP contribution in [-0.4, -0.2) is 15.7 Å². The van der Waals surface area contributed by atoms with E-state index in [1.54, 1.807) is 23.1 Å². The van der Waals surface area contributed by atoms with Crippen LogP contribution in [0.15, 0.2) is 9.95 Å². The Kier molecular flexibility index (Phi) is 3.93. The van der Waals surface area contributed by atoms with Crippen LogP contribution in [0.2, 0.25) is 0 Å². The number of hydrogen-bond acceptors (Lipinski definition) is 4. The van der Waals surface area contributed by atoms with Crippen molar-refractivity contribution in [3.63, 3.8) is 0 Å². The SMILES string of the molecule is CCCCSc1nc2sc3c(c2c(=O)[nH]1)CCCC3. The third-order valence-electron chi connectivity index (χ3n) is 3.54.